The average Bonchev–Trinajstić information content (AvgIpc) is 2.80. The highest BCUT2D eigenvalue weighted by molar-refractivity contribution is 5.41. The molecule has 0 saturated heterocycles. The van der Waals surface area contributed by atoms with Crippen LogP contribution in [0.1, 0.15) is 44.9 Å². The highest BCUT2D eigenvalue weighted by atomic mass is 16.5. The van der Waals surface area contributed by atoms with E-state index in [1.807, 2.05) is 13.0 Å². The van der Waals surface area contributed by atoms with E-state index in [1.54, 1.807) is 0 Å². The van der Waals surface area contributed by atoms with Gasteiger partial charge in [-0.3, -0.25) is 0 Å². The summed E-state index contributed by atoms with van der Waals surface area (Å²) in [4.78, 5) is 0. The zero-order chi connectivity index (χ0) is 14.0. The van der Waals surface area contributed by atoms with E-state index in [4.69, 9.17) is 15.2 Å². The molecule has 1 aromatic rings. The standard InChI is InChI=1S/C16H25NO2/c1-5-18-15(16(2,3)4)14(17)12-6-7-13-11(10-12)8-9-19-13/h6-7,10,14-15H,5,8-9,17H2,1-4H3. The molecule has 1 aliphatic rings. The second kappa shape index (κ2) is 5.51. The average molecular weight is 263 g/mol. The lowest BCUT2D eigenvalue weighted by Gasteiger charge is -2.35. The van der Waals surface area contributed by atoms with Crippen molar-refractivity contribution < 1.29 is 9.47 Å². The first-order chi connectivity index (χ1) is 8.93. The number of rotatable bonds is 4. The molecule has 2 atom stereocenters. The monoisotopic (exact) mass is 263 g/mol. The molecule has 0 radical (unpaired) electrons. The Balaban J connectivity index is 2.24. The first-order valence-corrected chi connectivity index (χ1v) is 7.06. The summed E-state index contributed by atoms with van der Waals surface area (Å²) in [6.07, 6.45) is 0.989. The Labute approximate surface area is 116 Å². The molecule has 2 N–H and O–H groups in total. The fourth-order valence-electron chi connectivity index (χ4n) is 2.66. The lowest BCUT2D eigenvalue weighted by atomic mass is 9.82. The summed E-state index contributed by atoms with van der Waals surface area (Å²) in [6, 6.07) is 6.16. The van der Waals surface area contributed by atoms with Crippen molar-refractivity contribution in [2.45, 2.75) is 46.3 Å². The number of ether oxygens (including phenoxy) is 2. The highest BCUT2D eigenvalue weighted by Gasteiger charge is 2.32. The number of hydrogen-bond acceptors (Lipinski definition) is 3. The van der Waals surface area contributed by atoms with Crippen LogP contribution in [-0.2, 0) is 11.2 Å². The Hall–Kier alpha value is -1.06. The van der Waals surface area contributed by atoms with E-state index >= 15 is 0 Å². The summed E-state index contributed by atoms with van der Waals surface area (Å²) < 4.78 is 11.4. The quantitative estimate of drug-likeness (QED) is 0.908. The van der Waals surface area contributed by atoms with Crippen LogP contribution >= 0.6 is 0 Å². The fraction of sp³-hybridized carbons (Fsp3) is 0.625. The minimum absolute atomic E-state index is 0.0119. The molecule has 0 spiro atoms. The van der Waals surface area contributed by atoms with E-state index in [9.17, 15) is 0 Å². The molecule has 1 aliphatic heterocycles. The summed E-state index contributed by atoms with van der Waals surface area (Å²) in [5.74, 6) is 1.000. The van der Waals surface area contributed by atoms with Gasteiger partial charge in [0.15, 0.2) is 0 Å². The highest BCUT2D eigenvalue weighted by Crippen LogP contribution is 2.34. The topological polar surface area (TPSA) is 44.5 Å². The predicted octanol–water partition coefficient (Wildman–Crippen LogP) is 3.07. The van der Waals surface area contributed by atoms with Crippen molar-refractivity contribution in [1.82, 2.24) is 0 Å². The van der Waals surface area contributed by atoms with Gasteiger partial charge < -0.3 is 15.2 Å². The van der Waals surface area contributed by atoms with Crippen molar-refractivity contribution in [2.24, 2.45) is 11.1 Å². The van der Waals surface area contributed by atoms with Gasteiger partial charge in [0.25, 0.3) is 0 Å². The third kappa shape index (κ3) is 3.10. The molecule has 0 aliphatic carbocycles. The summed E-state index contributed by atoms with van der Waals surface area (Å²) in [5, 5.41) is 0. The molecule has 3 nitrogen and oxygen atoms in total. The lowest BCUT2D eigenvalue weighted by Crippen LogP contribution is -2.39. The molecule has 1 aromatic carbocycles. The van der Waals surface area contributed by atoms with Gasteiger partial charge in [0, 0.05) is 13.0 Å². The Kier molecular flexibility index (Phi) is 4.16. The molecule has 0 aromatic heterocycles. The number of nitrogens with two attached hydrogens (primary N) is 1. The molecule has 0 amide bonds. The van der Waals surface area contributed by atoms with Crippen molar-refractivity contribution in [3.05, 3.63) is 29.3 Å². The van der Waals surface area contributed by atoms with E-state index in [1.165, 1.54) is 5.56 Å². The molecular weight excluding hydrogens is 238 g/mol. The molecule has 2 unspecified atom stereocenters. The lowest BCUT2D eigenvalue weighted by molar-refractivity contribution is -0.0283. The van der Waals surface area contributed by atoms with Crippen molar-refractivity contribution in [1.29, 1.82) is 0 Å². The first-order valence-electron chi connectivity index (χ1n) is 7.06. The number of benzene rings is 1. The van der Waals surface area contributed by atoms with Crippen LogP contribution in [-0.4, -0.2) is 19.3 Å². The third-order valence-corrected chi connectivity index (χ3v) is 3.62. The van der Waals surface area contributed by atoms with Crippen LogP contribution in [0.4, 0.5) is 0 Å². The van der Waals surface area contributed by atoms with Gasteiger partial charge in [-0.05, 0) is 29.5 Å². The Morgan fingerprint density at radius 3 is 2.74 bits per heavy atom. The maximum absolute atomic E-state index is 6.44. The minimum atomic E-state index is -0.106. The molecule has 106 valence electrons. The summed E-state index contributed by atoms with van der Waals surface area (Å²) in [7, 11) is 0. The second-order valence-corrected chi connectivity index (χ2v) is 6.23. The molecular formula is C16H25NO2. The van der Waals surface area contributed by atoms with Crippen molar-refractivity contribution in [3.8, 4) is 5.75 Å². The van der Waals surface area contributed by atoms with Crippen molar-refractivity contribution in [2.75, 3.05) is 13.2 Å². The zero-order valence-electron chi connectivity index (χ0n) is 12.4. The van der Waals surface area contributed by atoms with E-state index in [2.05, 4.69) is 32.9 Å². The van der Waals surface area contributed by atoms with E-state index in [-0.39, 0.29) is 17.6 Å². The SMILES string of the molecule is CCOC(C(N)c1ccc2c(c1)CCO2)C(C)(C)C. The van der Waals surface area contributed by atoms with Crippen LogP contribution in [0, 0.1) is 5.41 Å². The van der Waals surface area contributed by atoms with Crippen LogP contribution < -0.4 is 10.5 Å². The Bertz CT molecular complexity index is 437. The normalized spacial score (nSPS) is 17.7. The Morgan fingerprint density at radius 2 is 2.11 bits per heavy atom. The fourth-order valence-corrected chi connectivity index (χ4v) is 2.66. The third-order valence-electron chi connectivity index (χ3n) is 3.62. The zero-order valence-corrected chi connectivity index (χ0v) is 12.4. The number of hydrogen-bond donors (Lipinski definition) is 1. The molecule has 3 heteroatoms. The smallest absolute Gasteiger partial charge is 0.122 e. The molecule has 1 heterocycles. The van der Waals surface area contributed by atoms with Gasteiger partial charge in [0.2, 0.25) is 0 Å². The van der Waals surface area contributed by atoms with Crippen molar-refractivity contribution in [3.63, 3.8) is 0 Å². The van der Waals surface area contributed by atoms with Gasteiger partial charge in [-0.2, -0.15) is 0 Å². The summed E-state index contributed by atoms with van der Waals surface area (Å²) >= 11 is 0. The maximum Gasteiger partial charge on any atom is 0.122 e. The van der Waals surface area contributed by atoms with Crippen LogP contribution in [0.5, 0.6) is 5.75 Å². The molecule has 19 heavy (non-hydrogen) atoms. The largest absolute Gasteiger partial charge is 0.493 e. The van der Waals surface area contributed by atoms with E-state index in [0.29, 0.717) is 6.61 Å². The van der Waals surface area contributed by atoms with Gasteiger partial charge in [0.05, 0.1) is 18.8 Å². The number of fused-ring (bicyclic) bond motifs is 1. The van der Waals surface area contributed by atoms with Gasteiger partial charge in [-0.1, -0.05) is 32.9 Å². The first kappa shape index (κ1) is 14.4. The van der Waals surface area contributed by atoms with E-state index in [0.717, 1.165) is 24.3 Å². The molecule has 0 bridgehead atoms. The van der Waals surface area contributed by atoms with Crippen LogP contribution in [0.3, 0.4) is 0 Å². The summed E-state index contributed by atoms with van der Waals surface area (Å²) in [6.45, 7) is 9.99. The van der Waals surface area contributed by atoms with Crippen LogP contribution in [0.15, 0.2) is 18.2 Å². The Morgan fingerprint density at radius 1 is 1.37 bits per heavy atom. The van der Waals surface area contributed by atoms with Crippen molar-refractivity contribution >= 4 is 0 Å². The van der Waals surface area contributed by atoms with Gasteiger partial charge in [0.1, 0.15) is 5.75 Å². The predicted molar refractivity (Wildman–Crippen MR) is 77.4 cm³/mol. The van der Waals surface area contributed by atoms with E-state index < -0.39 is 0 Å². The minimum Gasteiger partial charge on any atom is -0.493 e. The van der Waals surface area contributed by atoms with Crippen LogP contribution in [0.2, 0.25) is 0 Å². The molecule has 2 rings (SSSR count). The van der Waals surface area contributed by atoms with Crippen LogP contribution in [0.25, 0.3) is 0 Å². The second-order valence-electron chi connectivity index (χ2n) is 6.23. The van der Waals surface area contributed by atoms with Gasteiger partial charge in [-0.15, -0.1) is 0 Å². The van der Waals surface area contributed by atoms with Gasteiger partial charge >= 0.3 is 0 Å². The maximum atomic E-state index is 6.44. The molecule has 0 fully saturated rings. The molecule has 0 saturated carbocycles. The van der Waals surface area contributed by atoms with Gasteiger partial charge in [-0.25, -0.2) is 0 Å². The summed E-state index contributed by atoms with van der Waals surface area (Å²) in [5.41, 5.74) is 8.86.